The van der Waals surface area contributed by atoms with Crippen LogP contribution in [0, 0.1) is 5.82 Å². The van der Waals surface area contributed by atoms with E-state index in [1.54, 1.807) is 6.92 Å². The number of methoxy groups -OCH3 is 1. The molecule has 2 heterocycles. The van der Waals surface area contributed by atoms with Gasteiger partial charge in [-0.1, -0.05) is 22.8 Å². The number of aromatic nitrogens is 4. The molecule has 0 saturated heterocycles. The average molecular weight is 324 g/mol. The summed E-state index contributed by atoms with van der Waals surface area (Å²) in [7, 11) is 1.25. The number of ether oxygens (including phenoxy) is 1. The largest absolute Gasteiger partial charge is 0.466 e. The molecule has 2 aromatic rings. The molecule has 1 aromatic carbocycles. The number of nitrogens with zero attached hydrogens (tertiary/aromatic N) is 4. The molecule has 22 heavy (non-hydrogen) atoms. The number of tetrazole rings is 1. The molecule has 0 amide bonds. The fourth-order valence-corrected chi connectivity index (χ4v) is 2.69. The summed E-state index contributed by atoms with van der Waals surface area (Å²) in [4.78, 5) is 12.1. The first kappa shape index (κ1) is 14.5. The topological polar surface area (TPSA) is 81.9 Å². The van der Waals surface area contributed by atoms with Crippen LogP contribution in [0.25, 0.3) is 0 Å². The summed E-state index contributed by atoms with van der Waals surface area (Å²) in [5.74, 6) is -0.889. The Morgan fingerprint density at radius 1 is 1.50 bits per heavy atom. The fourth-order valence-electron chi connectivity index (χ4n) is 2.43. The Bertz CT molecular complexity index is 768. The number of fused-ring (bicyclic) bond motifs is 1. The lowest BCUT2D eigenvalue weighted by atomic mass is 9.95. The molecule has 1 N–H and O–H groups in total. The van der Waals surface area contributed by atoms with Crippen molar-refractivity contribution in [2.45, 2.75) is 13.0 Å². The molecule has 3 rings (SSSR count). The highest BCUT2D eigenvalue weighted by molar-refractivity contribution is 6.31. The van der Waals surface area contributed by atoms with Crippen LogP contribution in [0.5, 0.6) is 0 Å². The summed E-state index contributed by atoms with van der Waals surface area (Å²) in [5, 5.41) is 14.2. The standard InChI is InChI=1S/C13H11ClFN5O2/c1-6-9(12(21)22-2)11(20-13(16-6)17-18-19-20)10-7(14)4-3-5-8(10)15/h3-5,11H,1-2H3,(H,16,17,19)/t11-/m0/s1. The van der Waals surface area contributed by atoms with Crippen molar-refractivity contribution >= 4 is 23.5 Å². The minimum atomic E-state index is -0.910. The van der Waals surface area contributed by atoms with Crippen molar-refractivity contribution in [2.75, 3.05) is 12.4 Å². The van der Waals surface area contributed by atoms with Crippen molar-refractivity contribution in [3.63, 3.8) is 0 Å². The van der Waals surface area contributed by atoms with Crippen molar-refractivity contribution < 1.29 is 13.9 Å². The predicted octanol–water partition coefficient (Wildman–Crippen LogP) is 1.93. The highest BCUT2D eigenvalue weighted by atomic mass is 35.5. The number of halogens is 2. The van der Waals surface area contributed by atoms with Crippen LogP contribution in [0.3, 0.4) is 0 Å². The number of rotatable bonds is 2. The first-order chi connectivity index (χ1) is 10.5. The maximum Gasteiger partial charge on any atom is 0.338 e. The zero-order chi connectivity index (χ0) is 15.9. The van der Waals surface area contributed by atoms with Gasteiger partial charge in [-0.25, -0.2) is 9.18 Å². The Labute approximate surface area is 129 Å². The van der Waals surface area contributed by atoms with Gasteiger partial charge in [0.2, 0.25) is 5.95 Å². The molecule has 1 aliphatic rings. The highest BCUT2D eigenvalue weighted by Crippen LogP contribution is 2.38. The van der Waals surface area contributed by atoms with Gasteiger partial charge >= 0.3 is 5.97 Å². The van der Waals surface area contributed by atoms with Crippen LogP contribution < -0.4 is 5.32 Å². The van der Waals surface area contributed by atoms with Gasteiger partial charge in [-0.3, -0.25) is 0 Å². The number of benzene rings is 1. The lowest BCUT2D eigenvalue weighted by molar-refractivity contribution is -0.136. The Hall–Kier alpha value is -2.48. The molecule has 1 aromatic heterocycles. The van der Waals surface area contributed by atoms with Crippen LogP contribution in [0.4, 0.5) is 10.3 Å². The van der Waals surface area contributed by atoms with Crippen LogP contribution in [0.1, 0.15) is 18.5 Å². The number of anilines is 1. The second-order valence-corrected chi connectivity index (χ2v) is 5.05. The smallest absolute Gasteiger partial charge is 0.338 e. The SMILES string of the molecule is COC(=O)C1=C(C)Nc2nnnn2[C@@H]1c1c(F)cccc1Cl. The van der Waals surface area contributed by atoms with E-state index in [4.69, 9.17) is 16.3 Å². The van der Waals surface area contributed by atoms with Gasteiger partial charge in [-0.05, 0) is 29.5 Å². The molecule has 114 valence electrons. The second-order valence-electron chi connectivity index (χ2n) is 4.64. The van der Waals surface area contributed by atoms with E-state index in [2.05, 4.69) is 20.8 Å². The molecule has 0 saturated carbocycles. The average Bonchev–Trinajstić information content (AvgIpc) is 2.94. The van der Waals surface area contributed by atoms with Gasteiger partial charge in [0.25, 0.3) is 0 Å². The third-order valence-electron chi connectivity index (χ3n) is 3.39. The molecule has 9 heteroatoms. The number of hydrogen-bond donors (Lipinski definition) is 1. The van der Waals surface area contributed by atoms with Crippen molar-refractivity contribution in [1.82, 2.24) is 20.2 Å². The number of carbonyl (C=O) groups is 1. The minimum Gasteiger partial charge on any atom is -0.466 e. The molecule has 7 nitrogen and oxygen atoms in total. The molecule has 0 spiro atoms. The van der Waals surface area contributed by atoms with E-state index in [9.17, 15) is 9.18 Å². The van der Waals surface area contributed by atoms with Crippen molar-refractivity contribution in [1.29, 1.82) is 0 Å². The maximum atomic E-state index is 14.3. The number of hydrogen-bond acceptors (Lipinski definition) is 6. The Balaban J connectivity index is 2.28. The third kappa shape index (κ3) is 2.12. The molecular weight excluding hydrogens is 313 g/mol. The molecule has 1 atom stereocenters. The lowest BCUT2D eigenvalue weighted by Gasteiger charge is -2.27. The summed E-state index contributed by atoms with van der Waals surface area (Å²) < 4.78 is 20.4. The van der Waals surface area contributed by atoms with Crippen LogP contribution in [-0.4, -0.2) is 33.3 Å². The number of esters is 1. The van der Waals surface area contributed by atoms with Gasteiger partial charge < -0.3 is 10.1 Å². The van der Waals surface area contributed by atoms with Gasteiger partial charge in [-0.15, -0.1) is 0 Å². The molecule has 0 bridgehead atoms. The molecule has 0 aliphatic carbocycles. The van der Waals surface area contributed by atoms with Crippen molar-refractivity contribution in [3.05, 3.63) is 45.9 Å². The Morgan fingerprint density at radius 3 is 2.95 bits per heavy atom. The minimum absolute atomic E-state index is 0.110. The van der Waals surface area contributed by atoms with Crippen LogP contribution in [0.2, 0.25) is 5.02 Å². The summed E-state index contributed by atoms with van der Waals surface area (Å²) in [6.45, 7) is 1.66. The predicted molar refractivity (Wildman–Crippen MR) is 75.7 cm³/mol. The second kappa shape index (κ2) is 5.38. The normalized spacial score (nSPS) is 17.0. The van der Waals surface area contributed by atoms with Crippen molar-refractivity contribution in [3.8, 4) is 0 Å². The Morgan fingerprint density at radius 2 is 2.27 bits per heavy atom. The van der Waals surface area contributed by atoms with Gasteiger partial charge in [0.15, 0.2) is 0 Å². The first-order valence-corrected chi connectivity index (χ1v) is 6.70. The number of allylic oxidation sites excluding steroid dienone is 1. The van der Waals surface area contributed by atoms with E-state index in [0.717, 1.165) is 0 Å². The van der Waals surface area contributed by atoms with E-state index in [0.29, 0.717) is 5.70 Å². The van der Waals surface area contributed by atoms with E-state index in [1.165, 1.54) is 30.0 Å². The zero-order valence-corrected chi connectivity index (χ0v) is 12.4. The van der Waals surface area contributed by atoms with Gasteiger partial charge in [0.1, 0.15) is 11.9 Å². The van der Waals surface area contributed by atoms with Gasteiger partial charge in [0.05, 0.1) is 12.7 Å². The lowest BCUT2D eigenvalue weighted by Crippen LogP contribution is -2.30. The summed E-state index contributed by atoms with van der Waals surface area (Å²) in [6.07, 6.45) is 0. The maximum absolute atomic E-state index is 14.3. The molecule has 0 fully saturated rings. The van der Waals surface area contributed by atoms with Crippen LogP contribution >= 0.6 is 11.6 Å². The van der Waals surface area contributed by atoms with Gasteiger partial charge in [0, 0.05) is 16.3 Å². The third-order valence-corrected chi connectivity index (χ3v) is 3.72. The van der Waals surface area contributed by atoms with E-state index >= 15 is 0 Å². The molecule has 0 unspecified atom stereocenters. The Kier molecular flexibility index (Phi) is 3.53. The number of carbonyl (C=O) groups excluding carboxylic acids is 1. The van der Waals surface area contributed by atoms with Crippen LogP contribution in [0.15, 0.2) is 29.5 Å². The molecular formula is C13H11ClFN5O2. The number of nitrogens with one attached hydrogen (secondary N) is 1. The quantitative estimate of drug-likeness (QED) is 0.850. The van der Waals surface area contributed by atoms with Gasteiger partial charge in [-0.2, -0.15) is 4.68 Å². The van der Waals surface area contributed by atoms with E-state index in [-0.39, 0.29) is 22.1 Å². The first-order valence-electron chi connectivity index (χ1n) is 6.32. The van der Waals surface area contributed by atoms with Crippen molar-refractivity contribution in [2.24, 2.45) is 0 Å². The monoisotopic (exact) mass is 323 g/mol. The van der Waals surface area contributed by atoms with Crippen LogP contribution in [-0.2, 0) is 9.53 Å². The summed E-state index contributed by atoms with van der Waals surface area (Å²) in [5.41, 5.74) is 0.770. The summed E-state index contributed by atoms with van der Waals surface area (Å²) >= 11 is 6.14. The zero-order valence-electron chi connectivity index (χ0n) is 11.7. The van der Waals surface area contributed by atoms with E-state index < -0.39 is 17.8 Å². The molecule has 1 aliphatic heterocycles. The molecule has 0 radical (unpaired) electrons. The fraction of sp³-hybridized carbons (Fsp3) is 0.231. The summed E-state index contributed by atoms with van der Waals surface area (Å²) in [6, 6.07) is 3.37. The van der Waals surface area contributed by atoms with E-state index in [1.807, 2.05) is 0 Å². The highest BCUT2D eigenvalue weighted by Gasteiger charge is 2.37.